The molecule has 42 heavy (non-hydrogen) atoms. The van der Waals surface area contributed by atoms with Crippen molar-refractivity contribution in [1.82, 2.24) is 29.9 Å². The molecule has 0 unspecified atom stereocenters. The first-order chi connectivity index (χ1) is 19.6. The molecule has 224 valence electrons. The number of fused-ring (bicyclic) bond motifs is 8. The lowest BCUT2D eigenvalue weighted by molar-refractivity contribution is -0.921. The fourth-order valence-electron chi connectivity index (χ4n) is 3.92. The minimum absolute atomic E-state index is 0. The van der Waals surface area contributed by atoms with Gasteiger partial charge in [-0.05, 0) is 50.9 Å². The molecule has 0 radical (unpaired) electrons. The highest BCUT2D eigenvalue weighted by molar-refractivity contribution is 6.28. The van der Waals surface area contributed by atoms with Crippen molar-refractivity contribution < 1.29 is 50.6 Å². The third-order valence-electron chi connectivity index (χ3n) is 6.38. The molecule has 2 aromatic heterocycles. The van der Waals surface area contributed by atoms with Crippen LogP contribution in [0, 0.1) is 0 Å². The van der Waals surface area contributed by atoms with Crippen LogP contribution < -0.4 is 35.9 Å². The van der Waals surface area contributed by atoms with Gasteiger partial charge in [0.15, 0.2) is 0 Å². The highest BCUT2D eigenvalue weighted by atomic mass is 79.9. The number of halogens is 3. The van der Waals surface area contributed by atoms with E-state index in [9.17, 15) is 10.2 Å². The van der Waals surface area contributed by atoms with Crippen LogP contribution in [0.25, 0.3) is 0 Å². The number of hydrogen-bond acceptors (Lipinski definition) is 12. The van der Waals surface area contributed by atoms with Gasteiger partial charge in [-0.1, -0.05) is 0 Å². The lowest BCUT2D eigenvalue weighted by Gasteiger charge is -2.34. The number of phenolic OH excluding ortho intramolecular Hbond substituents is 2. The number of benzene rings is 2. The number of hydrogen-bond donors (Lipinski definition) is 2. The summed E-state index contributed by atoms with van der Waals surface area (Å²) >= 11 is 11.9. The zero-order valence-electron chi connectivity index (χ0n) is 23.1. The average Bonchev–Trinajstić information content (AvgIpc) is 2.89. The Balaban J connectivity index is 0.000000423. The molecule has 1 aliphatic rings. The molecule has 0 fully saturated rings. The largest absolute Gasteiger partial charge is 1.00 e. The van der Waals surface area contributed by atoms with Gasteiger partial charge >= 0.3 is 24.0 Å². The Morgan fingerprint density at radius 2 is 0.786 bits per heavy atom. The van der Waals surface area contributed by atoms with E-state index in [1.54, 1.807) is 0 Å². The molecule has 0 amide bonds. The Bertz CT molecular complexity index is 1230. The Morgan fingerprint density at radius 3 is 1.00 bits per heavy atom. The van der Waals surface area contributed by atoms with Gasteiger partial charge in [0.2, 0.25) is 10.6 Å². The van der Waals surface area contributed by atoms with Crippen LogP contribution in [0.2, 0.25) is 10.6 Å². The van der Waals surface area contributed by atoms with Crippen LogP contribution in [0.5, 0.6) is 58.5 Å². The van der Waals surface area contributed by atoms with Crippen LogP contribution in [0.3, 0.4) is 0 Å². The van der Waals surface area contributed by atoms with E-state index in [0.29, 0.717) is 0 Å². The molecule has 4 aromatic rings. The molecule has 0 saturated carbocycles. The van der Waals surface area contributed by atoms with Crippen LogP contribution in [0.15, 0.2) is 36.4 Å². The first kappa shape index (κ1) is 32.8. The molecule has 13 nitrogen and oxygen atoms in total. The zero-order valence-corrected chi connectivity index (χ0v) is 26.2. The van der Waals surface area contributed by atoms with Crippen molar-refractivity contribution >= 4 is 23.2 Å². The van der Waals surface area contributed by atoms with E-state index in [1.807, 2.05) is 0 Å². The first-order valence-electron chi connectivity index (χ1n) is 12.7. The van der Waals surface area contributed by atoms with E-state index in [4.69, 9.17) is 42.1 Å². The van der Waals surface area contributed by atoms with Crippen molar-refractivity contribution in [2.24, 2.45) is 0 Å². The van der Waals surface area contributed by atoms with Gasteiger partial charge in [-0.3, -0.25) is 0 Å². The van der Waals surface area contributed by atoms with Crippen LogP contribution in [0.4, 0.5) is 0 Å². The van der Waals surface area contributed by atoms with Crippen LogP contribution in [-0.2, 0) is 0 Å². The molecule has 0 aliphatic carbocycles. The van der Waals surface area contributed by atoms with Gasteiger partial charge in [0.25, 0.3) is 0 Å². The van der Waals surface area contributed by atoms with E-state index in [1.165, 1.54) is 67.1 Å². The Labute approximate surface area is 262 Å². The normalized spacial score (nSPS) is 11.8. The van der Waals surface area contributed by atoms with Gasteiger partial charge in [-0.2, -0.15) is 19.9 Å². The smallest absolute Gasteiger partial charge is 0.329 e. The summed E-state index contributed by atoms with van der Waals surface area (Å²) in [6.07, 6.45) is 0. The summed E-state index contributed by atoms with van der Waals surface area (Å²) in [4.78, 5) is 23.5. The molecule has 1 aliphatic heterocycles. The second-order valence-electron chi connectivity index (χ2n) is 8.68. The highest BCUT2D eigenvalue weighted by Crippen LogP contribution is 2.35. The molecule has 0 spiro atoms. The average molecular weight is 685 g/mol. The minimum atomic E-state index is -0.231. The number of rotatable bonds is 4. The third kappa shape index (κ3) is 8.64. The molecule has 2 N–H and O–H groups in total. The molecule has 0 saturated heterocycles. The molecule has 2 aromatic carbocycles. The molecule has 3 heterocycles. The Morgan fingerprint density at radius 1 is 0.524 bits per heavy atom. The third-order valence-corrected chi connectivity index (χ3v) is 6.72. The highest BCUT2D eigenvalue weighted by Gasteiger charge is 2.17. The molecule has 5 rings (SSSR count). The van der Waals surface area contributed by atoms with Gasteiger partial charge in [0.05, 0.1) is 26.2 Å². The van der Waals surface area contributed by atoms with Crippen molar-refractivity contribution in [2.45, 2.75) is 27.7 Å². The van der Waals surface area contributed by atoms with Crippen LogP contribution in [0.1, 0.15) is 27.7 Å². The predicted molar refractivity (Wildman–Crippen MR) is 149 cm³/mol. The molecule has 0 atom stereocenters. The second kappa shape index (κ2) is 14.4. The summed E-state index contributed by atoms with van der Waals surface area (Å²) in [6.45, 7) is 14.2. The van der Waals surface area contributed by atoms with Gasteiger partial charge in [-0.15, -0.1) is 9.97 Å². The number of aromatic nitrogens is 6. The summed E-state index contributed by atoms with van der Waals surface area (Å²) < 4.78 is 23.5. The van der Waals surface area contributed by atoms with E-state index in [-0.39, 0.29) is 86.1 Å². The Kier molecular flexibility index (Phi) is 11.3. The topological polar surface area (TPSA) is 155 Å². The van der Waals surface area contributed by atoms with Gasteiger partial charge in [0.1, 0.15) is 34.5 Å². The zero-order chi connectivity index (χ0) is 29.6. The van der Waals surface area contributed by atoms with Gasteiger partial charge in [0, 0.05) is 36.4 Å². The lowest BCUT2D eigenvalue weighted by Crippen LogP contribution is -3.00. The van der Waals surface area contributed by atoms with Crippen molar-refractivity contribution in [2.75, 3.05) is 26.2 Å². The summed E-state index contributed by atoms with van der Waals surface area (Å²) in [5.41, 5.74) is 0. The van der Waals surface area contributed by atoms with Crippen molar-refractivity contribution in [3.63, 3.8) is 0 Å². The van der Waals surface area contributed by atoms with Gasteiger partial charge < -0.3 is 50.6 Å². The standard InChI is InChI=1S/C18H8Cl2N6O6.C8H20N.BrH/c19-13-21-15-25-16(22-13)31-11-3-8(28)4-12(6-11)32-18-24-14(20)23-17(26-18)30-10-2-7(27)1-9(5-10)29-15;1-5-9(6-2,7-3)8-4;/h1-6,27-28H;5-8H2,1-4H3;1H/q;+1;/p-1. The maximum atomic E-state index is 10.0. The Hall–Kier alpha value is -3.72. The maximum Gasteiger partial charge on any atom is 0.329 e. The van der Waals surface area contributed by atoms with Crippen molar-refractivity contribution in [3.05, 3.63) is 47.0 Å². The number of aromatic hydroxyl groups is 2. The minimum Gasteiger partial charge on any atom is -1.00 e. The maximum absolute atomic E-state index is 10.0. The number of quaternary nitrogens is 1. The summed E-state index contributed by atoms with van der Waals surface area (Å²) in [5.74, 6) is -0.0176. The molecule has 8 bridgehead atoms. The molecular weight excluding hydrogens is 657 g/mol. The van der Waals surface area contributed by atoms with E-state index >= 15 is 0 Å². The quantitative estimate of drug-likeness (QED) is 0.267. The van der Waals surface area contributed by atoms with E-state index in [2.05, 4.69) is 57.6 Å². The molecule has 16 heteroatoms. The summed E-state index contributed by atoms with van der Waals surface area (Å²) in [7, 11) is 0. The first-order valence-corrected chi connectivity index (χ1v) is 13.5. The lowest BCUT2D eigenvalue weighted by atomic mass is 10.3. The van der Waals surface area contributed by atoms with E-state index < -0.39 is 0 Å². The summed E-state index contributed by atoms with van der Waals surface area (Å²) in [5, 5.41) is 19.6. The van der Waals surface area contributed by atoms with Crippen molar-refractivity contribution in [3.8, 4) is 58.5 Å². The number of nitrogens with zero attached hydrogens (tertiary/aromatic N) is 7. The van der Waals surface area contributed by atoms with E-state index in [0.717, 1.165) is 0 Å². The van der Waals surface area contributed by atoms with Gasteiger partial charge in [-0.25, -0.2) is 0 Å². The SMILES string of the molecule is CC[N+](CC)(CC)CC.Oc1cc2cc(c1)Oc1nc(Cl)nc(n1)Oc1cc(O)cc(c1)Oc1nc(Cl)nc(n1)O2.[Br-]. The van der Waals surface area contributed by atoms with Crippen LogP contribution >= 0.6 is 23.2 Å². The monoisotopic (exact) mass is 683 g/mol. The number of phenols is 2. The fraction of sp³-hybridized carbons (Fsp3) is 0.308. The second-order valence-corrected chi connectivity index (χ2v) is 9.36. The van der Waals surface area contributed by atoms with Crippen molar-refractivity contribution in [1.29, 1.82) is 0 Å². The predicted octanol–water partition coefficient (Wildman–Crippen LogP) is 3.14. The fourth-order valence-corrected chi connectivity index (χ4v) is 4.21. The van der Waals surface area contributed by atoms with Crippen LogP contribution in [-0.4, -0.2) is 70.8 Å². The summed E-state index contributed by atoms with van der Waals surface area (Å²) in [6, 6.07) is 7.02. The number of ether oxygens (including phenoxy) is 4. The molecular formula is C26H28BrCl2N7O6.